The summed E-state index contributed by atoms with van der Waals surface area (Å²) in [5, 5.41) is 9.06. The molecule has 3 amide bonds. The van der Waals surface area contributed by atoms with Crippen LogP contribution in [0, 0.1) is 13.8 Å². The number of rotatable bonds is 6. The van der Waals surface area contributed by atoms with Crippen LogP contribution in [0.15, 0.2) is 42.5 Å². The number of hydrogen-bond donors (Lipinski definition) is 3. The molecule has 0 fully saturated rings. The van der Waals surface area contributed by atoms with Gasteiger partial charge in [-0.05, 0) is 51.1 Å². The van der Waals surface area contributed by atoms with E-state index in [0.717, 1.165) is 32.9 Å². The van der Waals surface area contributed by atoms with Gasteiger partial charge in [0.15, 0.2) is 10.3 Å². The van der Waals surface area contributed by atoms with Crippen molar-refractivity contribution in [1.82, 2.24) is 9.97 Å². The number of carbonyl (C=O) groups is 2. The van der Waals surface area contributed by atoms with Crippen molar-refractivity contribution in [3.63, 3.8) is 0 Å². The number of aryl methyl sites for hydroxylation is 2. The van der Waals surface area contributed by atoms with Crippen molar-refractivity contribution in [3.8, 4) is 5.75 Å². The number of amides is 3. The molecule has 0 bridgehead atoms. The second-order valence-corrected chi connectivity index (χ2v) is 8.94. The van der Waals surface area contributed by atoms with Crippen molar-refractivity contribution in [1.29, 1.82) is 0 Å². The van der Waals surface area contributed by atoms with E-state index in [-0.39, 0.29) is 5.91 Å². The van der Waals surface area contributed by atoms with Crippen LogP contribution < -0.4 is 20.7 Å². The largest absolute Gasteiger partial charge is 0.494 e. The predicted octanol–water partition coefficient (Wildman–Crippen LogP) is 5.66. The number of thiazole rings is 2. The third kappa shape index (κ3) is 5.04. The van der Waals surface area contributed by atoms with Crippen LogP contribution >= 0.6 is 22.7 Å². The Morgan fingerprint density at radius 2 is 1.69 bits per heavy atom. The van der Waals surface area contributed by atoms with Gasteiger partial charge in [0.2, 0.25) is 0 Å². The first-order chi connectivity index (χ1) is 15.4. The average Bonchev–Trinajstić information content (AvgIpc) is 3.31. The number of hydrogen-bond acceptors (Lipinski definition) is 7. The fraction of sp³-hybridized carbons (Fsp3) is 0.182. The first kappa shape index (κ1) is 21.7. The molecule has 4 rings (SSSR count). The van der Waals surface area contributed by atoms with E-state index in [4.69, 9.17) is 4.74 Å². The minimum Gasteiger partial charge on any atom is -0.494 e. The molecule has 10 heteroatoms. The smallest absolute Gasteiger partial charge is 0.325 e. The van der Waals surface area contributed by atoms with Crippen molar-refractivity contribution >= 4 is 60.8 Å². The Labute approximate surface area is 192 Å². The molecule has 2 heterocycles. The predicted molar refractivity (Wildman–Crippen MR) is 129 cm³/mol. The lowest BCUT2D eigenvalue weighted by molar-refractivity contribution is 0.103. The summed E-state index contributed by atoms with van der Waals surface area (Å²) in [6, 6.07) is 12.6. The Morgan fingerprint density at radius 1 is 0.938 bits per heavy atom. The van der Waals surface area contributed by atoms with Crippen molar-refractivity contribution in [2.75, 3.05) is 22.6 Å². The number of nitrogens with one attached hydrogen (secondary N) is 3. The monoisotopic (exact) mass is 467 g/mol. The minimum atomic E-state index is -0.425. The topological polar surface area (TPSA) is 105 Å². The maximum absolute atomic E-state index is 12.8. The number of benzene rings is 2. The van der Waals surface area contributed by atoms with E-state index in [1.807, 2.05) is 56.3 Å². The van der Waals surface area contributed by atoms with Crippen molar-refractivity contribution in [2.24, 2.45) is 0 Å². The van der Waals surface area contributed by atoms with E-state index in [9.17, 15) is 9.59 Å². The van der Waals surface area contributed by atoms with Crippen molar-refractivity contribution < 1.29 is 14.3 Å². The first-order valence-electron chi connectivity index (χ1n) is 9.88. The molecule has 2 aromatic heterocycles. The summed E-state index contributed by atoms with van der Waals surface area (Å²) in [6.45, 7) is 6.20. The zero-order valence-electron chi connectivity index (χ0n) is 17.7. The van der Waals surface area contributed by atoms with Gasteiger partial charge in [-0.2, -0.15) is 0 Å². The van der Waals surface area contributed by atoms with Gasteiger partial charge in [-0.3, -0.25) is 15.4 Å². The second-order valence-electron chi connectivity index (χ2n) is 6.91. The van der Waals surface area contributed by atoms with Crippen LogP contribution in [0.5, 0.6) is 5.75 Å². The number of nitrogens with zero attached hydrogens (tertiary/aromatic N) is 2. The molecular formula is C22H21N5O3S2. The van der Waals surface area contributed by atoms with E-state index in [1.165, 1.54) is 11.3 Å². The van der Waals surface area contributed by atoms with E-state index >= 15 is 0 Å². The summed E-state index contributed by atoms with van der Waals surface area (Å²) in [7, 11) is 0. The van der Waals surface area contributed by atoms with Gasteiger partial charge in [0.1, 0.15) is 10.6 Å². The summed E-state index contributed by atoms with van der Waals surface area (Å²) >= 11 is 2.47. The number of anilines is 3. The third-order valence-electron chi connectivity index (χ3n) is 4.42. The molecule has 0 aliphatic rings. The zero-order valence-corrected chi connectivity index (χ0v) is 19.3. The fourth-order valence-electron chi connectivity index (χ4n) is 2.93. The zero-order chi connectivity index (χ0) is 22.7. The average molecular weight is 468 g/mol. The van der Waals surface area contributed by atoms with E-state index in [1.54, 1.807) is 6.92 Å². The van der Waals surface area contributed by atoms with Gasteiger partial charge in [0, 0.05) is 5.69 Å². The van der Waals surface area contributed by atoms with E-state index < -0.39 is 6.03 Å². The summed E-state index contributed by atoms with van der Waals surface area (Å²) in [5.41, 5.74) is 3.08. The third-order valence-corrected chi connectivity index (χ3v) is 6.43. The quantitative estimate of drug-likeness (QED) is 0.339. The standard InChI is InChI=1S/C22H21N5O3S2/c1-4-30-15-9-10-16-17(11-15)31-22(25-16)26-19(28)18-13(3)23-21(32-18)27-20(29)24-14-7-5-12(2)6-8-14/h5-11H,4H2,1-3H3,(H,25,26,28)(H2,23,24,27,29). The normalized spacial score (nSPS) is 10.7. The number of ether oxygens (including phenoxy) is 1. The van der Waals surface area contributed by atoms with Crippen LogP contribution in [0.4, 0.5) is 20.7 Å². The maximum Gasteiger partial charge on any atom is 0.325 e. The van der Waals surface area contributed by atoms with Gasteiger partial charge in [-0.15, -0.1) is 0 Å². The van der Waals surface area contributed by atoms with Crippen LogP contribution in [0.2, 0.25) is 0 Å². The van der Waals surface area contributed by atoms with E-state index in [2.05, 4.69) is 25.9 Å². The molecular weight excluding hydrogens is 446 g/mol. The molecule has 0 unspecified atom stereocenters. The Morgan fingerprint density at radius 3 is 2.44 bits per heavy atom. The number of carbonyl (C=O) groups excluding carboxylic acids is 2. The summed E-state index contributed by atoms with van der Waals surface area (Å²) in [6.07, 6.45) is 0. The maximum atomic E-state index is 12.8. The van der Waals surface area contributed by atoms with Crippen LogP contribution in [0.1, 0.15) is 27.9 Å². The fourth-order valence-corrected chi connectivity index (χ4v) is 4.67. The summed E-state index contributed by atoms with van der Waals surface area (Å²) in [5.74, 6) is 0.440. The van der Waals surface area contributed by atoms with Crippen molar-refractivity contribution in [3.05, 3.63) is 58.6 Å². The number of aromatic nitrogens is 2. The molecule has 8 nitrogen and oxygen atoms in total. The lowest BCUT2D eigenvalue weighted by Crippen LogP contribution is -2.19. The van der Waals surface area contributed by atoms with Crippen LogP contribution in [-0.4, -0.2) is 28.5 Å². The van der Waals surface area contributed by atoms with Gasteiger partial charge < -0.3 is 10.1 Å². The van der Waals surface area contributed by atoms with Crippen LogP contribution in [0.3, 0.4) is 0 Å². The first-order valence-corrected chi connectivity index (χ1v) is 11.5. The SMILES string of the molecule is CCOc1ccc2nc(NC(=O)c3sc(NC(=O)Nc4ccc(C)cc4)nc3C)sc2c1. The molecule has 0 saturated heterocycles. The van der Waals surface area contributed by atoms with E-state index in [0.29, 0.717) is 33.1 Å². The van der Waals surface area contributed by atoms with Crippen LogP contribution in [0.25, 0.3) is 10.2 Å². The van der Waals surface area contributed by atoms with Gasteiger partial charge in [-0.25, -0.2) is 14.8 Å². The van der Waals surface area contributed by atoms with Gasteiger partial charge in [-0.1, -0.05) is 40.4 Å². The van der Waals surface area contributed by atoms with Crippen LogP contribution in [-0.2, 0) is 0 Å². The van der Waals surface area contributed by atoms with Gasteiger partial charge in [0.25, 0.3) is 5.91 Å². The molecule has 0 saturated carbocycles. The molecule has 32 heavy (non-hydrogen) atoms. The lowest BCUT2D eigenvalue weighted by Gasteiger charge is -2.05. The molecule has 0 aliphatic carbocycles. The highest BCUT2D eigenvalue weighted by Crippen LogP contribution is 2.30. The lowest BCUT2D eigenvalue weighted by atomic mass is 10.2. The highest BCUT2D eigenvalue weighted by atomic mass is 32.1. The minimum absolute atomic E-state index is 0.323. The highest BCUT2D eigenvalue weighted by molar-refractivity contribution is 7.22. The second kappa shape index (κ2) is 9.33. The molecule has 164 valence electrons. The molecule has 0 aliphatic heterocycles. The molecule has 4 aromatic rings. The van der Waals surface area contributed by atoms with Gasteiger partial charge >= 0.3 is 6.03 Å². The molecule has 0 radical (unpaired) electrons. The number of urea groups is 1. The Balaban J connectivity index is 1.42. The molecule has 3 N–H and O–H groups in total. The van der Waals surface area contributed by atoms with Crippen molar-refractivity contribution in [2.45, 2.75) is 20.8 Å². The molecule has 2 aromatic carbocycles. The Bertz CT molecular complexity index is 1280. The Kier molecular flexibility index (Phi) is 6.33. The molecule has 0 spiro atoms. The highest BCUT2D eigenvalue weighted by Gasteiger charge is 2.18. The summed E-state index contributed by atoms with van der Waals surface area (Å²) in [4.78, 5) is 34.2. The van der Waals surface area contributed by atoms with Gasteiger partial charge in [0.05, 0.1) is 22.5 Å². The summed E-state index contributed by atoms with van der Waals surface area (Å²) < 4.78 is 6.43. The molecule has 0 atom stereocenters. The Hall–Kier alpha value is -3.50. The number of fused-ring (bicyclic) bond motifs is 1.